The molecule has 3 aromatic carbocycles. The molecule has 0 spiro atoms. The van der Waals surface area contributed by atoms with E-state index in [-0.39, 0.29) is 0 Å². The lowest BCUT2D eigenvalue weighted by molar-refractivity contribution is 1.37. The van der Waals surface area contributed by atoms with Gasteiger partial charge in [-0.25, -0.2) is 0 Å². The Morgan fingerprint density at radius 1 is 0.773 bits per heavy atom. The Morgan fingerprint density at radius 2 is 1.68 bits per heavy atom. The number of nitrogens with zero attached hydrogens (tertiary/aromatic N) is 1. The summed E-state index contributed by atoms with van der Waals surface area (Å²) < 4.78 is 0. The summed E-state index contributed by atoms with van der Waals surface area (Å²) in [5.74, 6) is 4.49. The standard InChI is InChI=1S/C20H14BN/c1-2-6-18-15(5-1)7-8-16-13-17-9-11-21-10-3-4-12-22(21)20(17)14-19(16)18/h1-14H. The number of hydrogen-bond acceptors (Lipinski definition) is 1. The topological polar surface area (TPSA) is 3.24 Å². The predicted octanol–water partition coefficient (Wildman–Crippen LogP) is 4.98. The quantitative estimate of drug-likeness (QED) is 0.414. The highest BCUT2D eigenvalue weighted by Crippen LogP contribution is 2.36. The van der Waals surface area contributed by atoms with Crippen molar-refractivity contribution in [1.82, 2.24) is 0 Å². The van der Waals surface area contributed by atoms with Crippen molar-refractivity contribution in [2.45, 2.75) is 0 Å². The molecule has 5 rings (SSSR count). The van der Waals surface area contributed by atoms with Crippen molar-refractivity contribution in [1.29, 1.82) is 0 Å². The van der Waals surface area contributed by atoms with Crippen molar-refractivity contribution >= 4 is 40.2 Å². The average molecular weight is 279 g/mol. The molecule has 0 aliphatic carbocycles. The molecule has 0 atom stereocenters. The van der Waals surface area contributed by atoms with Crippen LogP contribution in [0.2, 0.25) is 0 Å². The first kappa shape index (κ1) is 11.9. The number of anilines is 1. The monoisotopic (exact) mass is 279 g/mol. The van der Waals surface area contributed by atoms with Gasteiger partial charge in [-0.1, -0.05) is 60.5 Å². The first-order valence-electron chi connectivity index (χ1n) is 7.67. The Labute approximate surface area is 130 Å². The summed E-state index contributed by atoms with van der Waals surface area (Å²) in [5, 5.41) is 5.25. The number of benzene rings is 3. The minimum atomic E-state index is 0.338. The lowest BCUT2D eigenvalue weighted by atomic mass is 9.57. The highest BCUT2D eigenvalue weighted by Gasteiger charge is 2.24. The van der Waals surface area contributed by atoms with Crippen LogP contribution in [0.3, 0.4) is 0 Å². The molecule has 0 saturated carbocycles. The van der Waals surface area contributed by atoms with Crippen molar-refractivity contribution in [2.24, 2.45) is 0 Å². The highest BCUT2D eigenvalue weighted by atomic mass is 15.1. The lowest BCUT2D eigenvalue weighted by Gasteiger charge is -2.31. The zero-order valence-electron chi connectivity index (χ0n) is 12.1. The molecule has 3 aromatic rings. The van der Waals surface area contributed by atoms with Crippen LogP contribution in [-0.2, 0) is 0 Å². The van der Waals surface area contributed by atoms with E-state index in [4.69, 9.17) is 0 Å². The van der Waals surface area contributed by atoms with E-state index in [1.807, 2.05) is 0 Å². The molecular formula is C20H14BN. The van der Waals surface area contributed by atoms with Gasteiger partial charge in [0.2, 0.25) is 0 Å². The maximum Gasteiger partial charge on any atom is 0.312 e. The summed E-state index contributed by atoms with van der Waals surface area (Å²) in [6.07, 6.45) is 8.64. The van der Waals surface area contributed by atoms with E-state index in [0.717, 1.165) is 0 Å². The molecule has 0 unspecified atom stereocenters. The lowest BCUT2D eigenvalue weighted by Crippen LogP contribution is -2.35. The van der Waals surface area contributed by atoms with E-state index in [1.54, 1.807) is 0 Å². The molecule has 0 bridgehead atoms. The van der Waals surface area contributed by atoms with Crippen molar-refractivity contribution in [3.63, 3.8) is 0 Å². The van der Waals surface area contributed by atoms with E-state index < -0.39 is 0 Å². The minimum absolute atomic E-state index is 0.338. The molecule has 0 aromatic heterocycles. The van der Waals surface area contributed by atoms with E-state index in [0.29, 0.717) is 6.85 Å². The van der Waals surface area contributed by atoms with Gasteiger partial charge in [-0.15, -0.1) is 0 Å². The Morgan fingerprint density at radius 3 is 2.68 bits per heavy atom. The van der Waals surface area contributed by atoms with Crippen LogP contribution in [0.1, 0.15) is 5.56 Å². The Balaban J connectivity index is 1.85. The number of rotatable bonds is 0. The first-order chi connectivity index (χ1) is 10.9. The van der Waals surface area contributed by atoms with Gasteiger partial charge in [-0.05, 0) is 51.5 Å². The van der Waals surface area contributed by atoms with Gasteiger partial charge < -0.3 is 4.81 Å². The first-order valence-corrected chi connectivity index (χ1v) is 7.67. The maximum absolute atomic E-state index is 2.34. The molecule has 1 nitrogen and oxygen atoms in total. The minimum Gasteiger partial charge on any atom is -0.383 e. The van der Waals surface area contributed by atoms with Gasteiger partial charge in [0.1, 0.15) is 0 Å². The zero-order valence-corrected chi connectivity index (χ0v) is 12.1. The van der Waals surface area contributed by atoms with Gasteiger partial charge >= 0.3 is 6.85 Å². The van der Waals surface area contributed by atoms with Gasteiger partial charge in [0.15, 0.2) is 0 Å². The Hall–Kier alpha value is -2.74. The average Bonchev–Trinajstić information content (AvgIpc) is 2.60. The molecule has 2 aliphatic heterocycles. The molecule has 102 valence electrons. The van der Waals surface area contributed by atoms with Gasteiger partial charge in [0.25, 0.3) is 0 Å². The summed E-state index contributed by atoms with van der Waals surface area (Å²) in [5.41, 5.74) is 2.58. The molecule has 0 amide bonds. The summed E-state index contributed by atoms with van der Waals surface area (Å²) in [7, 11) is 0. The van der Waals surface area contributed by atoms with Gasteiger partial charge in [-0.3, -0.25) is 0 Å². The molecule has 0 N–H and O–H groups in total. The Kier molecular flexibility index (Phi) is 2.36. The fourth-order valence-corrected chi connectivity index (χ4v) is 3.53. The largest absolute Gasteiger partial charge is 0.383 e. The second-order valence-electron chi connectivity index (χ2n) is 5.90. The van der Waals surface area contributed by atoms with Crippen LogP contribution in [0.25, 0.3) is 27.6 Å². The SMILES string of the molecule is C1=CB2C=Cc3cc4ccc5ccccc5c4cc3N2C=C1. The smallest absolute Gasteiger partial charge is 0.312 e. The molecule has 0 saturated heterocycles. The van der Waals surface area contributed by atoms with Crippen LogP contribution in [0, 0.1) is 0 Å². The number of hydrogen-bond donors (Lipinski definition) is 0. The highest BCUT2D eigenvalue weighted by molar-refractivity contribution is 6.75. The van der Waals surface area contributed by atoms with E-state index in [1.165, 1.54) is 32.8 Å². The second kappa shape index (κ2) is 4.38. The molecule has 0 fully saturated rings. The summed E-state index contributed by atoms with van der Waals surface area (Å²) in [4.78, 5) is 2.34. The van der Waals surface area contributed by atoms with Crippen molar-refractivity contribution in [3.8, 4) is 0 Å². The molecule has 0 radical (unpaired) electrons. The van der Waals surface area contributed by atoms with Crippen LogP contribution in [0.5, 0.6) is 0 Å². The second-order valence-corrected chi connectivity index (χ2v) is 5.90. The predicted molar refractivity (Wildman–Crippen MR) is 97.0 cm³/mol. The van der Waals surface area contributed by atoms with E-state index in [2.05, 4.69) is 89.7 Å². The molecule has 2 heterocycles. The Bertz CT molecular complexity index is 997. The molecule has 2 heteroatoms. The van der Waals surface area contributed by atoms with E-state index >= 15 is 0 Å². The van der Waals surface area contributed by atoms with Gasteiger partial charge in [0.05, 0.1) is 0 Å². The third-order valence-electron chi connectivity index (χ3n) is 4.63. The summed E-state index contributed by atoms with van der Waals surface area (Å²) in [6.45, 7) is 0.338. The molecule has 22 heavy (non-hydrogen) atoms. The van der Waals surface area contributed by atoms with E-state index in [9.17, 15) is 0 Å². The van der Waals surface area contributed by atoms with Crippen LogP contribution < -0.4 is 4.81 Å². The molecular weight excluding hydrogens is 265 g/mol. The third-order valence-corrected chi connectivity index (χ3v) is 4.63. The van der Waals surface area contributed by atoms with Crippen molar-refractivity contribution in [2.75, 3.05) is 4.81 Å². The van der Waals surface area contributed by atoms with Crippen molar-refractivity contribution < 1.29 is 0 Å². The van der Waals surface area contributed by atoms with Gasteiger partial charge in [0, 0.05) is 5.69 Å². The summed E-state index contributed by atoms with van der Waals surface area (Å²) in [6, 6.07) is 17.7. The van der Waals surface area contributed by atoms with Gasteiger partial charge in [-0.2, -0.15) is 0 Å². The van der Waals surface area contributed by atoms with Crippen LogP contribution in [0.15, 0.2) is 78.8 Å². The number of fused-ring (bicyclic) bond motifs is 6. The van der Waals surface area contributed by atoms with Crippen LogP contribution in [0.4, 0.5) is 5.69 Å². The van der Waals surface area contributed by atoms with Crippen LogP contribution in [-0.4, -0.2) is 6.85 Å². The zero-order chi connectivity index (χ0) is 14.5. The fraction of sp³-hybridized carbons (Fsp3) is 0. The fourth-order valence-electron chi connectivity index (χ4n) is 3.53. The van der Waals surface area contributed by atoms with Crippen LogP contribution >= 0.6 is 0 Å². The number of allylic oxidation sites excluding steroid dienone is 2. The third kappa shape index (κ3) is 1.61. The maximum atomic E-state index is 2.34. The summed E-state index contributed by atoms with van der Waals surface area (Å²) >= 11 is 0. The normalized spacial score (nSPS) is 15.5. The molecule has 2 aliphatic rings. The van der Waals surface area contributed by atoms with Crippen molar-refractivity contribution in [3.05, 3.63) is 84.4 Å².